The van der Waals surface area contributed by atoms with Crippen LogP contribution >= 0.6 is 0 Å². The Labute approximate surface area is 133 Å². The number of anilines is 1. The van der Waals surface area contributed by atoms with Crippen molar-refractivity contribution >= 4 is 5.82 Å². The van der Waals surface area contributed by atoms with Gasteiger partial charge < -0.3 is 31.1 Å². The molecule has 0 unspecified atom stereocenters. The number of ether oxygens (including phenoxy) is 1. The molecule has 9 nitrogen and oxygen atoms in total. The fraction of sp³-hybridized carbons (Fsp3) is 0.714. The van der Waals surface area contributed by atoms with E-state index < -0.39 is 36.8 Å². The van der Waals surface area contributed by atoms with Crippen LogP contribution in [0.1, 0.15) is 25.5 Å². The van der Waals surface area contributed by atoms with Gasteiger partial charge in [-0.3, -0.25) is 4.57 Å². The summed E-state index contributed by atoms with van der Waals surface area (Å²) in [4.78, 5) is 16.0. The lowest BCUT2D eigenvalue weighted by molar-refractivity contribution is -0.0549. The first-order chi connectivity index (χ1) is 11.1. The SMILES string of the molecule is NCCCCCNc1ccn([C@@H]2O[C@H](CO)[C@@H](O)[C@H]2O)c(=O)n1. The van der Waals surface area contributed by atoms with E-state index in [1.807, 2.05) is 0 Å². The first-order valence-corrected chi connectivity index (χ1v) is 7.74. The van der Waals surface area contributed by atoms with Crippen LogP contribution in [0.3, 0.4) is 0 Å². The molecule has 9 heteroatoms. The Balaban J connectivity index is 1.98. The number of hydrogen-bond donors (Lipinski definition) is 5. The van der Waals surface area contributed by atoms with Crippen molar-refractivity contribution in [2.24, 2.45) is 5.73 Å². The Morgan fingerprint density at radius 3 is 2.70 bits per heavy atom. The highest BCUT2D eigenvalue weighted by Gasteiger charge is 2.43. The maximum absolute atomic E-state index is 12.1. The molecule has 0 bridgehead atoms. The van der Waals surface area contributed by atoms with Gasteiger partial charge in [-0.25, -0.2) is 4.79 Å². The van der Waals surface area contributed by atoms with Crippen molar-refractivity contribution in [1.82, 2.24) is 9.55 Å². The lowest BCUT2D eigenvalue weighted by atomic mass is 10.1. The molecule has 130 valence electrons. The molecule has 1 saturated heterocycles. The van der Waals surface area contributed by atoms with Crippen molar-refractivity contribution in [3.05, 3.63) is 22.7 Å². The quantitative estimate of drug-likeness (QED) is 0.359. The number of aromatic nitrogens is 2. The van der Waals surface area contributed by atoms with E-state index in [1.165, 1.54) is 6.20 Å². The van der Waals surface area contributed by atoms with E-state index in [2.05, 4.69) is 10.3 Å². The highest BCUT2D eigenvalue weighted by molar-refractivity contribution is 5.31. The molecule has 1 aromatic rings. The average molecular weight is 328 g/mol. The van der Waals surface area contributed by atoms with E-state index in [0.717, 1.165) is 23.8 Å². The van der Waals surface area contributed by atoms with Gasteiger partial charge in [-0.05, 0) is 25.5 Å². The van der Waals surface area contributed by atoms with Crippen LogP contribution in [0.15, 0.2) is 17.1 Å². The number of aliphatic hydroxyl groups excluding tert-OH is 3. The third kappa shape index (κ3) is 4.27. The van der Waals surface area contributed by atoms with Gasteiger partial charge in [-0.2, -0.15) is 4.98 Å². The monoisotopic (exact) mass is 328 g/mol. The van der Waals surface area contributed by atoms with Crippen LogP contribution in [-0.4, -0.2) is 62.9 Å². The van der Waals surface area contributed by atoms with Crippen molar-refractivity contribution in [2.75, 3.05) is 25.0 Å². The molecule has 1 aromatic heterocycles. The van der Waals surface area contributed by atoms with E-state index in [-0.39, 0.29) is 0 Å². The highest BCUT2D eigenvalue weighted by atomic mass is 16.6. The van der Waals surface area contributed by atoms with Gasteiger partial charge >= 0.3 is 5.69 Å². The summed E-state index contributed by atoms with van der Waals surface area (Å²) in [6.07, 6.45) is -0.221. The van der Waals surface area contributed by atoms with E-state index in [0.29, 0.717) is 18.9 Å². The molecule has 0 aliphatic carbocycles. The van der Waals surface area contributed by atoms with E-state index >= 15 is 0 Å². The summed E-state index contributed by atoms with van der Waals surface area (Å²) in [5.74, 6) is 0.436. The number of nitrogens with one attached hydrogen (secondary N) is 1. The molecule has 1 fully saturated rings. The third-order valence-corrected chi connectivity index (χ3v) is 3.81. The van der Waals surface area contributed by atoms with Gasteiger partial charge in [0.05, 0.1) is 6.61 Å². The molecular formula is C14H24N4O5. The van der Waals surface area contributed by atoms with Crippen LogP contribution in [0.4, 0.5) is 5.82 Å². The summed E-state index contributed by atoms with van der Waals surface area (Å²) >= 11 is 0. The molecule has 0 aromatic carbocycles. The number of aliphatic hydroxyl groups is 3. The van der Waals surface area contributed by atoms with E-state index in [1.54, 1.807) is 6.07 Å². The van der Waals surface area contributed by atoms with Crippen LogP contribution in [0.25, 0.3) is 0 Å². The standard InChI is InChI=1S/C14H24N4O5/c15-5-2-1-3-6-16-10-4-7-18(14(22)17-10)13-12(21)11(20)9(8-19)23-13/h4,7,9,11-13,19-21H,1-3,5-6,8,15H2,(H,16,17,22)/t9-,11-,12-,13-/m1/s1. The summed E-state index contributed by atoms with van der Waals surface area (Å²) in [6, 6.07) is 1.60. The van der Waals surface area contributed by atoms with Crippen molar-refractivity contribution < 1.29 is 20.1 Å². The summed E-state index contributed by atoms with van der Waals surface area (Å²) in [5.41, 5.74) is 4.81. The molecular weight excluding hydrogens is 304 g/mol. The maximum atomic E-state index is 12.1. The summed E-state index contributed by atoms with van der Waals surface area (Å²) in [5, 5.41) is 31.8. The average Bonchev–Trinajstić information content (AvgIpc) is 2.83. The first-order valence-electron chi connectivity index (χ1n) is 7.74. The fourth-order valence-electron chi connectivity index (χ4n) is 2.48. The van der Waals surface area contributed by atoms with Gasteiger partial charge in [0.1, 0.15) is 24.1 Å². The summed E-state index contributed by atoms with van der Waals surface area (Å²) < 4.78 is 6.41. The van der Waals surface area contributed by atoms with Crippen LogP contribution in [0.2, 0.25) is 0 Å². The van der Waals surface area contributed by atoms with Crippen molar-refractivity contribution in [1.29, 1.82) is 0 Å². The zero-order valence-corrected chi connectivity index (χ0v) is 12.8. The number of nitrogens with two attached hydrogens (primary N) is 1. The minimum absolute atomic E-state index is 0.436. The molecule has 0 spiro atoms. The van der Waals surface area contributed by atoms with Crippen LogP contribution < -0.4 is 16.7 Å². The Hall–Kier alpha value is -1.52. The number of nitrogens with zero attached hydrogens (tertiary/aromatic N) is 2. The fourth-order valence-corrected chi connectivity index (χ4v) is 2.48. The second-order valence-corrected chi connectivity index (χ2v) is 5.51. The zero-order valence-electron chi connectivity index (χ0n) is 12.8. The predicted molar refractivity (Wildman–Crippen MR) is 82.9 cm³/mol. The van der Waals surface area contributed by atoms with Crippen LogP contribution in [0.5, 0.6) is 0 Å². The first kappa shape index (κ1) is 17.8. The number of unbranched alkanes of at least 4 members (excludes halogenated alkanes) is 2. The minimum Gasteiger partial charge on any atom is -0.394 e. The summed E-state index contributed by atoms with van der Waals surface area (Å²) in [7, 11) is 0. The topological polar surface area (TPSA) is 143 Å². The van der Waals surface area contributed by atoms with Crippen LogP contribution in [-0.2, 0) is 4.74 Å². The molecule has 6 N–H and O–H groups in total. The second-order valence-electron chi connectivity index (χ2n) is 5.51. The normalized spacial score (nSPS) is 27.3. The predicted octanol–water partition coefficient (Wildman–Crippen LogP) is -1.60. The van der Waals surface area contributed by atoms with Crippen LogP contribution in [0, 0.1) is 0 Å². The number of rotatable bonds is 8. The Morgan fingerprint density at radius 2 is 2.09 bits per heavy atom. The molecule has 1 aliphatic rings. The van der Waals surface area contributed by atoms with Gasteiger partial charge in [0.15, 0.2) is 6.23 Å². The van der Waals surface area contributed by atoms with Gasteiger partial charge in [0.2, 0.25) is 0 Å². The smallest absolute Gasteiger partial charge is 0.351 e. The lowest BCUT2D eigenvalue weighted by Gasteiger charge is -2.17. The maximum Gasteiger partial charge on any atom is 0.351 e. The second kappa shape index (κ2) is 8.37. The van der Waals surface area contributed by atoms with E-state index in [4.69, 9.17) is 15.6 Å². The third-order valence-electron chi connectivity index (χ3n) is 3.81. The van der Waals surface area contributed by atoms with Gasteiger partial charge in [0, 0.05) is 12.7 Å². The minimum atomic E-state index is -1.30. The van der Waals surface area contributed by atoms with Gasteiger partial charge in [-0.1, -0.05) is 6.42 Å². The molecule has 1 aliphatic heterocycles. The van der Waals surface area contributed by atoms with Crippen molar-refractivity contribution in [3.8, 4) is 0 Å². The Bertz CT molecular complexity index is 552. The van der Waals surface area contributed by atoms with Crippen molar-refractivity contribution in [3.63, 3.8) is 0 Å². The van der Waals surface area contributed by atoms with Gasteiger partial charge in [-0.15, -0.1) is 0 Å². The highest BCUT2D eigenvalue weighted by Crippen LogP contribution is 2.28. The molecule has 2 rings (SSSR count). The Kier molecular flexibility index (Phi) is 6.48. The van der Waals surface area contributed by atoms with Gasteiger partial charge in [0.25, 0.3) is 0 Å². The molecule has 0 amide bonds. The lowest BCUT2D eigenvalue weighted by Crippen LogP contribution is -2.36. The van der Waals surface area contributed by atoms with E-state index in [9.17, 15) is 15.0 Å². The zero-order chi connectivity index (χ0) is 16.8. The molecule has 0 saturated carbocycles. The largest absolute Gasteiger partial charge is 0.394 e. The number of hydrogen-bond acceptors (Lipinski definition) is 8. The Morgan fingerprint density at radius 1 is 1.30 bits per heavy atom. The molecule has 23 heavy (non-hydrogen) atoms. The van der Waals surface area contributed by atoms with Crippen molar-refractivity contribution in [2.45, 2.75) is 43.8 Å². The molecule has 0 radical (unpaired) electrons. The molecule has 4 atom stereocenters. The summed E-state index contributed by atoms with van der Waals surface area (Å²) in [6.45, 7) is 0.905. The molecule has 2 heterocycles.